The fourth-order valence-corrected chi connectivity index (χ4v) is 4.22. The molecule has 0 atom stereocenters. The quantitative estimate of drug-likeness (QED) is 0.605. The van der Waals surface area contributed by atoms with Gasteiger partial charge >= 0.3 is 0 Å². The third-order valence-electron chi connectivity index (χ3n) is 5.59. The molecule has 2 aromatic rings. The Labute approximate surface area is 180 Å². The zero-order valence-corrected chi connectivity index (χ0v) is 17.6. The number of ketones is 1. The standard InChI is InChI=1S/C23H21Cl2NO3/c1-15-2-6-21-17(12-15)20(27)14-23(29-21)8-10-26(11-9-23)22(28)7-4-16-3-5-18(24)19(25)13-16/h2-7,12-13H,8-11,14H2,1H3/b7-4+. The van der Waals surface area contributed by atoms with Gasteiger partial charge in [-0.3, -0.25) is 9.59 Å². The van der Waals surface area contributed by atoms with Gasteiger partial charge in [0.05, 0.1) is 22.0 Å². The van der Waals surface area contributed by atoms with Crippen molar-refractivity contribution in [1.82, 2.24) is 4.90 Å². The summed E-state index contributed by atoms with van der Waals surface area (Å²) in [6.07, 6.45) is 4.91. The third kappa shape index (κ3) is 4.19. The Morgan fingerprint density at radius 3 is 2.59 bits per heavy atom. The van der Waals surface area contributed by atoms with E-state index in [2.05, 4.69) is 0 Å². The van der Waals surface area contributed by atoms with Crippen LogP contribution in [-0.2, 0) is 4.79 Å². The van der Waals surface area contributed by atoms with Crippen molar-refractivity contribution in [3.63, 3.8) is 0 Å². The molecule has 29 heavy (non-hydrogen) atoms. The summed E-state index contributed by atoms with van der Waals surface area (Å²) in [5.74, 6) is 0.712. The number of amides is 1. The summed E-state index contributed by atoms with van der Waals surface area (Å²) in [7, 11) is 0. The number of benzene rings is 2. The van der Waals surface area contributed by atoms with E-state index in [1.807, 2.05) is 31.2 Å². The highest BCUT2D eigenvalue weighted by Gasteiger charge is 2.43. The number of fused-ring (bicyclic) bond motifs is 1. The third-order valence-corrected chi connectivity index (χ3v) is 6.33. The van der Waals surface area contributed by atoms with Crippen molar-refractivity contribution in [3.8, 4) is 5.75 Å². The number of likely N-dealkylation sites (tertiary alicyclic amines) is 1. The largest absolute Gasteiger partial charge is 0.486 e. The smallest absolute Gasteiger partial charge is 0.246 e. The summed E-state index contributed by atoms with van der Waals surface area (Å²) in [5, 5.41) is 0.936. The van der Waals surface area contributed by atoms with Crippen LogP contribution in [0.3, 0.4) is 0 Å². The summed E-state index contributed by atoms with van der Waals surface area (Å²) in [6, 6.07) is 11.0. The van der Waals surface area contributed by atoms with Crippen molar-refractivity contribution in [2.75, 3.05) is 13.1 Å². The van der Waals surface area contributed by atoms with Gasteiger partial charge in [-0.15, -0.1) is 0 Å². The molecule has 2 aliphatic rings. The molecule has 0 aromatic heterocycles. The summed E-state index contributed by atoms with van der Waals surface area (Å²) in [6.45, 7) is 3.07. The van der Waals surface area contributed by atoms with Gasteiger partial charge in [-0.25, -0.2) is 0 Å². The molecule has 150 valence electrons. The lowest BCUT2D eigenvalue weighted by Crippen LogP contribution is -2.52. The lowest BCUT2D eigenvalue weighted by molar-refractivity contribution is -0.129. The van der Waals surface area contributed by atoms with E-state index >= 15 is 0 Å². The number of rotatable bonds is 2. The van der Waals surface area contributed by atoms with Crippen LogP contribution in [0.1, 0.15) is 40.7 Å². The predicted octanol–water partition coefficient (Wildman–Crippen LogP) is 5.34. The molecule has 1 spiro atoms. The van der Waals surface area contributed by atoms with Gasteiger partial charge in [0.15, 0.2) is 5.78 Å². The summed E-state index contributed by atoms with van der Waals surface area (Å²) < 4.78 is 6.26. The molecule has 1 saturated heterocycles. The van der Waals surface area contributed by atoms with Crippen molar-refractivity contribution >= 4 is 41.0 Å². The van der Waals surface area contributed by atoms with Gasteiger partial charge in [0.1, 0.15) is 11.4 Å². The first kappa shape index (κ1) is 20.0. The average Bonchev–Trinajstić information content (AvgIpc) is 2.70. The van der Waals surface area contributed by atoms with Gasteiger partial charge < -0.3 is 9.64 Å². The van der Waals surface area contributed by atoms with Gasteiger partial charge in [-0.2, -0.15) is 0 Å². The van der Waals surface area contributed by atoms with Crippen LogP contribution in [-0.4, -0.2) is 35.3 Å². The Kier molecular flexibility index (Phi) is 5.41. The molecule has 1 fully saturated rings. The minimum absolute atomic E-state index is 0.0657. The number of halogens is 2. The number of nitrogens with zero attached hydrogens (tertiary/aromatic N) is 1. The van der Waals surface area contributed by atoms with E-state index in [9.17, 15) is 9.59 Å². The van der Waals surface area contributed by atoms with Crippen molar-refractivity contribution in [2.24, 2.45) is 0 Å². The van der Waals surface area contributed by atoms with Gasteiger partial charge in [0.2, 0.25) is 5.91 Å². The van der Waals surface area contributed by atoms with E-state index < -0.39 is 5.60 Å². The van der Waals surface area contributed by atoms with E-state index in [1.54, 1.807) is 29.2 Å². The molecule has 4 rings (SSSR count). The molecule has 0 N–H and O–H groups in total. The van der Waals surface area contributed by atoms with Crippen LogP contribution in [0.25, 0.3) is 6.08 Å². The van der Waals surface area contributed by atoms with Crippen LogP contribution in [0.2, 0.25) is 10.0 Å². The molecule has 0 bridgehead atoms. The van der Waals surface area contributed by atoms with Crippen molar-refractivity contribution in [1.29, 1.82) is 0 Å². The molecule has 2 aliphatic heterocycles. The van der Waals surface area contributed by atoms with Gasteiger partial charge in [0, 0.05) is 32.0 Å². The maximum Gasteiger partial charge on any atom is 0.246 e. The van der Waals surface area contributed by atoms with E-state index in [0.29, 0.717) is 53.7 Å². The van der Waals surface area contributed by atoms with Gasteiger partial charge in [0.25, 0.3) is 0 Å². The van der Waals surface area contributed by atoms with Crippen LogP contribution < -0.4 is 4.74 Å². The van der Waals surface area contributed by atoms with E-state index in [1.165, 1.54) is 0 Å². The normalized spacial score (nSPS) is 18.0. The molecule has 6 heteroatoms. The van der Waals surface area contributed by atoms with Crippen LogP contribution in [0.15, 0.2) is 42.5 Å². The number of hydrogen-bond donors (Lipinski definition) is 0. The number of aryl methyl sites for hydroxylation is 1. The van der Waals surface area contributed by atoms with Crippen molar-refractivity contribution in [3.05, 3.63) is 69.2 Å². The van der Waals surface area contributed by atoms with Gasteiger partial charge in [-0.05, 0) is 42.8 Å². The van der Waals surface area contributed by atoms with E-state index in [-0.39, 0.29) is 11.7 Å². The summed E-state index contributed by atoms with van der Waals surface area (Å²) in [4.78, 5) is 27.0. The minimum Gasteiger partial charge on any atom is -0.486 e. The molecule has 2 heterocycles. The highest BCUT2D eigenvalue weighted by molar-refractivity contribution is 6.42. The monoisotopic (exact) mass is 429 g/mol. The zero-order chi connectivity index (χ0) is 20.6. The second-order valence-corrected chi connectivity index (χ2v) is 8.53. The zero-order valence-electron chi connectivity index (χ0n) is 16.1. The number of piperidine rings is 1. The fourth-order valence-electron chi connectivity index (χ4n) is 3.91. The molecule has 0 saturated carbocycles. The number of hydrogen-bond acceptors (Lipinski definition) is 3. The molecule has 1 amide bonds. The highest BCUT2D eigenvalue weighted by atomic mass is 35.5. The molecular weight excluding hydrogens is 409 g/mol. The Hall–Kier alpha value is -2.30. The molecule has 0 unspecified atom stereocenters. The Balaban J connectivity index is 1.41. The van der Waals surface area contributed by atoms with E-state index in [0.717, 1.165) is 11.1 Å². The Morgan fingerprint density at radius 1 is 1.10 bits per heavy atom. The first-order valence-corrected chi connectivity index (χ1v) is 10.4. The first-order chi connectivity index (χ1) is 13.8. The molecule has 4 nitrogen and oxygen atoms in total. The average molecular weight is 430 g/mol. The molecule has 0 radical (unpaired) electrons. The van der Waals surface area contributed by atoms with E-state index in [4.69, 9.17) is 27.9 Å². The lowest BCUT2D eigenvalue weighted by Gasteiger charge is -2.43. The fraction of sp³-hybridized carbons (Fsp3) is 0.304. The Bertz CT molecular complexity index is 1010. The summed E-state index contributed by atoms with van der Waals surface area (Å²) in [5.41, 5.74) is 2.02. The van der Waals surface area contributed by atoms with Crippen LogP contribution in [0, 0.1) is 6.92 Å². The number of ether oxygens (including phenoxy) is 1. The van der Waals surface area contributed by atoms with Crippen molar-refractivity contribution in [2.45, 2.75) is 31.8 Å². The van der Waals surface area contributed by atoms with Gasteiger partial charge in [-0.1, -0.05) is 40.9 Å². The van der Waals surface area contributed by atoms with Crippen LogP contribution >= 0.6 is 23.2 Å². The minimum atomic E-state index is -0.510. The van der Waals surface area contributed by atoms with Crippen molar-refractivity contribution < 1.29 is 14.3 Å². The highest BCUT2D eigenvalue weighted by Crippen LogP contribution is 2.39. The summed E-state index contributed by atoms with van der Waals surface area (Å²) >= 11 is 11.9. The predicted molar refractivity (Wildman–Crippen MR) is 115 cm³/mol. The Morgan fingerprint density at radius 2 is 1.86 bits per heavy atom. The first-order valence-electron chi connectivity index (χ1n) is 9.60. The maximum absolute atomic E-state index is 12.6. The number of Topliss-reactive ketones (excluding diaryl/α,β-unsaturated/α-hetero) is 1. The van der Waals surface area contributed by atoms with Crippen LogP contribution in [0.5, 0.6) is 5.75 Å². The lowest BCUT2D eigenvalue weighted by atomic mass is 9.82. The SMILES string of the molecule is Cc1ccc2c(c1)C(=O)CC1(CCN(C(=O)/C=C/c3ccc(Cl)c(Cl)c3)CC1)O2. The molecule has 2 aromatic carbocycles. The van der Waals surface area contributed by atoms with Crippen LogP contribution in [0.4, 0.5) is 0 Å². The topological polar surface area (TPSA) is 46.6 Å². The second kappa shape index (κ2) is 7.85. The maximum atomic E-state index is 12.6. The number of carbonyl (C=O) groups excluding carboxylic acids is 2. The number of carbonyl (C=O) groups is 2. The molecular formula is C23H21Cl2NO3. The second-order valence-electron chi connectivity index (χ2n) is 7.72. The molecule has 0 aliphatic carbocycles.